The fraction of sp³-hybridized carbons (Fsp3) is 0.778. The highest BCUT2D eigenvalue weighted by molar-refractivity contribution is 8.02. The number of carbonyl (C=O) groups is 2. The molecule has 1 unspecified atom stereocenters. The Bertz CT molecular complexity index is 260. The highest BCUT2D eigenvalue weighted by atomic mass is 32.2. The van der Waals surface area contributed by atoms with E-state index in [1.807, 2.05) is 0 Å². The number of carbonyl (C=O) groups excluding carboxylic acids is 2. The predicted molar refractivity (Wildman–Crippen MR) is 61.1 cm³/mol. The van der Waals surface area contributed by atoms with Gasteiger partial charge in [-0.2, -0.15) is 0 Å². The largest absolute Gasteiger partial charge is 0.273 e. The normalized spacial score (nSPS) is 23.4. The van der Waals surface area contributed by atoms with Gasteiger partial charge in [0.2, 0.25) is 5.91 Å². The van der Waals surface area contributed by atoms with Gasteiger partial charge in [-0.05, 0) is 11.9 Å². The third-order valence-electron chi connectivity index (χ3n) is 1.74. The Morgan fingerprint density at radius 2 is 1.93 bits per heavy atom. The number of imide groups is 1. The fourth-order valence-electron chi connectivity index (χ4n) is 1.29. The minimum absolute atomic E-state index is 0.0228. The third kappa shape index (κ3) is 2.67. The van der Waals surface area contributed by atoms with Crippen molar-refractivity contribution in [1.29, 1.82) is 0 Å². The topological polar surface area (TPSA) is 37.4 Å². The van der Waals surface area contributed by atoms with Gasteiger partial charge >= 0.3 is 0 Å². The maximum absolute atomic E-state index is 11.7. The summed E-state index contributed by atoms with van der Waals surface area (Å²) in [7, 11) is 0. The van der Waals surface area contributed by atoms with E-state index in [9.17, 15) is 9.59 Å². The predicted octanol–water partition coefficient (Wildman–Crippen LogP) is 1.92. The Morgan fingerprint density at radius 1 is 1.36 bits per heavy atom. The third-order valence-corrected chi connectivity index (χ3v) is 3.85. The molecule has 0 saturated carbocycles. The average molecular weight is 233 g/mol. The quantitative estimate of drug-likeness (QED) is 0.539. The summed E-state index contributed by atoms with van der Waals surface area (Å²) in [6.07, 6.45) is 2.10. The van der Waals surface area contributed by atoms with Crippen molar-refractivity contribution in [2.24, 2.45) is 0 Å². The van der Waals surface area contributed by atoms with E-state index in [-0.39, 0.29) is 21.8 Å². The van der Waals surface area contributed by atoms with Crippen LogP contribution in [0.1, 0.15) is 27.2 Å². The number of amides is 2. The number of thioether (sulfide) groups is 1. The summed E-state index contributed by atoms with van der Waals surface area (Å²) in [5, 5.41) is -0.185. The molecule has 1 aliphatic rings. The van der Waals surface area contributed by atoms with E-state index in [2.05, 4.69) is 20.8 Å². The molecule has 0 aromatic carbocycles. The highest BCUT2D eigenvalue weighted by Crippen LogP contribution is 2.36. The number of hydrogen-bond donors (Lipinski definition) is 0. The minimum Gasteiger partial charge on any atom is -0.273 e. The molecule has 2 amide bonds. The summed E-state index contributed by atoms with van der Waals surface area (Å²) in [5.74, 6) is -0.119. The molecule has 3 nitrogen and oxygen atoms in total. The molecule has 0 aromatic rings. The Morgan fingerprint density at radius 3 is 2.29 bits per heavy atom. The molecular formula is C9H15NO2S2. The molecule has 0 bridgehead atoms. The first-order chi connectivity index (χ1) is 6.35. The van der Waals surface area contributed by atoms with E-state index in [0.717, 1.165) is 0 Å². The fourth-order valence-corrected chi connectivity index (χ4v) is 3.23. The van der Waals surface area contributed by atoms with Crippen molar-refractivity contribution in [2.75, 3.05) is 6.26 Å². The molecule has 0 N–H and O–H groups in total. The van der Waals surface area contributed by atoms with Gasteiger partial charge < -0.3 is 0 Å². The molecule has 0 aliphatic carbocycles. The first-order valence-electron chi connectivity index (χ1n) is 4.44. The van der Waals surface area contributed by atoms with Crippen LogP contribution in [-0.2, 0) is 9.59 Å². The zero-order chi connectivity index (χ0) is 10.9. The van der Waals surface area contributed by atoms with Crippen LogP contribution in [0.3, 0.4) is 0 Å². The molecule has 1 rings (SSSR count). The van der Waals surface area contributed by atoms with Crippen molar-refractivity contribution >= 4 is 35.5 Å². The molecule has 0 radical (unpaired) electrons. The van der Waals surface area contributed by atoms with Crippen molar-refractivity contribution < 1.29 is 9.59 Å². The summed E-state index contributed by atoms with van der Waals surface area (Å²) in [4.78, 5) is 23.1. The monoisotopic (exact) mass is 233 g/mol. The maximum Gasteiger partial charge on any atom is 0.253 e. The molecule has 0 spiro atoms. The summed E-state index contributed by atoms with van der Waals surface area (Å²) >= 11 is 2.77. The van der Waals surface area contributed by atoms with Crippen molar-refractivity contribution in [3.63, 3.8) is 0 Å². The van der Waals surface area contributed by atoms with Crippen LogP contribution in [-0.4, -0.2) is 32.4 Å². The number of rotatable bonds is 2. The lowest BCUT2D eigenvalue weighted by atomic mass is 10.3. The zero-order valence-electron chi connectivity index (χ0n) is 8.86. The SMILES string of the molecule is CSN1C(=O)CC(SC(C)(C)C)C1=O. The number of nitrogens with zero attached hydrogens (tertiary/aromatic N) is 1. The van der Waals surface area contributed by atoms with Crippen LogP contribution in [0.2, 0.25) is 0 Å². The van der Waals surface area contributed by atoms with Gasteiger partial charge in [-0.25, -0.2) is 4.31 Å². The molecule has 14 heavy (non-hydrogen) atoms. The van der Waals surface area contributed by atoms with Gasteiger partial charge in [0.05, 0.1) is 5.25 Å². The lowest BCUT2D eigenvalue weighted by molar-refractivity contribution is -0.131. The lowest BCUT2D eigenvalue weighted by Crippen LogP contribution is -2.26. The average Bonchev–Trinajstić information content (AvgIpc) is 2.24. The van der Waals surface area contributed by atoms with Gasteiger partial charge in [0.1, 0.15) is 0 Å². The van der Waals surface area contributed by atoms with E-state index in [1.165, 1.54) is 16.3 Å². The zero-order valence-corrected chi connectivity index (χ0v) is 10.5. The van der Waals surface area contributed by atoms with Crippen LogP contribution < -0.4 is 0 Å². The van der Waals surface area contributed by atoms with E-state index in [1.54, 1.807) is 18.0 Å². The van der Waals surface area contributed by atoms with Gasteiger partial charge in [0, 0.05) is 17.4 Å². The van der Waals surface area contributed by atoms with Crippen LogP contribution >= 0.6 is 23.7 Å². The second kappa shape index (κ2) is 4.14. The van der Waals surface area contributed by atoms with Gasteiger partial charge in [-0.15, -0.1) is 11.8 Å². The van der Waals surface area contributed by atoms with Crippen molar-refractivity contribution in [2.45, 2.75) is 37.2 Å². The highest BCUT2D eigenvalue weighted by Gasteiger charge is 2.40. The van der Waals surface area contributed by atoms with E-state index < -0.39 is 0 Å². The summed E-state index contributed by atoms with van der Waals surface area (Å²) in [6.45, 7) is 6.16. The minimum atomic E-state index is -0.185. The Balaban J connectivity index is 2.67. The van der Waals surface area contributed by atoms with Crippen molar-refractivity contribution in [1.82, 2.24) is 4.31 Å². The van der Waals surface area contributed by atoms with Crippen LogP contribution in [0.4, 0.5) is 0 Å². The van der Waals surface area contributed by atoms with E-state index in [4.69, 9.17) is 0 Å². The second-order valence-electron chi connectivity index (χ2n) is 4.13. The first-order valence-corrected chi connectivity index (χ1v) is 6.50. The van der Waals surface area contributed by atoms with Crippen LogP contribution in [0.15, 0.2) is 0 Å². The van der Waals surface area contributed by atoms with E-state index >= 15 is 0 Å². The molecule has 80 valence electrons. The Labute approximate surface area is 93.1 Å². The summed E-state index contributed by atoms with van der Waals surface area (Å²) < 4.78 is 1.29. The van der Waals surface area contributed by atoms with Gasteiger partial charge in [-0.1, -0.05) is 20.8 Å². The molecule has 1 fully saturated rings. The first kappa shape index (κ1) is 11.9. The van der Waals surface area contributed by atoms with Gasteiger partial charge in [-0.3, -0.25) is 9.59 Å². The summed E-state index contributed by atoms with van der Waals surface area (Å²) in [5.41, 5.74) is 0. The standard InChI is InChI=1S/C9H15NO2S2/c1-9(2,3)14-6-5-7(11)10(13-4)8(6)12/h6H,5H2,1-4H3. The maximum atomic E-state index is 11.7. The Kier molecular flexibility index (Phi) is 3.53. The van der Waals surface area contributed by atoms with Gasteiger partial charge in [0.15, 0.2) is 0 Å². The van der Waals surface area contributed by atoms with Crippen molar-refractivity contribution in [3.05, 3.63) is 0 Å². The molecule has 5 heteroatoms. The number of hydrogen-bond acceptors (Lipinski definition) is 4. The van der Waals surface area contributed by atoms with Crippen LogP contribution in [0.5, 0.6) is 0 Å². The smallest absolute Gasteiger partial charge is 0.253 e. The van der Waals surface area contributed by atoms with Gasteiger partial charge in [0.25, 0.3) is 5.91 Å². The van der Waals surface area contributed by atoms with Crippen molar-refractivity contribution in [3.8, 4) is 0 Å². The molecule has 1 atom stereocenters. The molecular weight excluding hydrogens is 218 g/mol. The second-order valence-corrected chi connectivity index (χ2v) is 6.89. The van der Waals surface area contributed by atoms with E-state index in [0.29, 0.717) is 6.42 Å². The summed E-state index contributed by atoms with van der Waals surface area (Å²) in [6, 6.07) is 0. The Hall–Kier alpha value is -0.160. The van der Waals surface area contributed by atoms with Crippen LogP contribution in [0.25, 0.3) is 0 Å². The molecule has 1 heterocycles. The molecule has 1 saturated heterocycles. The molecule has 1 aliphatic heterocycles. The molecule has 0 aromatic heterocycles. The van der Waals surface area contributed by atoms with Crippen LogP contribution in [0, 0.1) is 0 Å². The lowest BCUT2D eigenvalue weighted by Gasteiger charge is -2.20.